The average Bonchev–Trinajstić information content (AvgIpc) is 3.30. The molecule has 0 atom stereocenters. The number of phenolic OH excluding ortho intramolecular Hbond substituents is 1. The molecule has 3 aromatic carbocycles. The van der Waals surface area contributed by atoms with E-state index >= 15 is 0 Å². The highest BCUT2D eigenvalue weighted by atomic mass is 32.1. The molecule has 1 amide bonds. The number of H-pyrrole nitrogens is 1. The van der Waals surface area contributed by atoms with Gasteiger partial charge in [-0.25, -0.2) is 0 Å². The van der Waals surface area contributed by atoms with E-state index in [0.29, 0.717) is 51.2 Å². The monoisotopic (exact) mass is 505 g/mol. The van der Waals surface area contributed by atoms with E-state index < -0.39 is 0 Å². The lowest BCUT2D eigenvalue weighted by molar-refractivity contribution is -0.119. The number of carbonyl (C=O) groups excluding carboxylic acids is 1. The van der Waals surface area contributed by atoms with Gasteiger partial charge in [-0.3, -0.25) is 9.59 Å². The number of nitrogens with one attached hydrogen (secondary N) is 2. The molecule has 0 bridgehead atoms. The number of ether oxygens (including phenoxy) is 1. The number of fused-ring (bicyclic) bond motifs is 1. The first kappa shape index (κ1) is 25.6. The standard InChI is InChI=1S/C28H31N3O4S/c32-24-12-11-22(27-26(24)30-28(34)36-27)13-16-29-17-18-31(23-9-5-2-6-10-23)25(33)15-20-35-19-14-21-7-3-1-4-8-21/h1-12,29,32H,13-20H2,(H,30,34). The number of carbonyl (C=O) groups is 1. The minimum absolute atomic E-state index is 0.0278. The third-order valence-electron chi connectivity index (χ3n) is 5.93. The topological polar surface area (TPSA) is 94.7 Å². The number of nitrogens with zero attached hydrogens (tertiary/aromatic N) is 1. The summed E-state index contributed by atoms with van der Waals surface area (Å²) in [4.78, 5) is 29.0. The van der Waals surface area contributed by atoms with Crippen LogP contribution in [-0.4, -0.2) is 48.8 Å². The van der Waals surface area contributed by atoms with E-state index in [1.807, 2.05) is 54.6 Å². The van der Waals surface area contributed by atoms with E-state index in [1.165, 1.54) is 5.56 Å². The number of hydrogen-bond donors (Lipinski definition) is 3. The maximum absolute atomic E-state index is 13.0. The van der Waals surface area contributed by atoms with Crippen molar-refractivity contribution in [3.05, 3.63) is 93.6 Å². The Kier molecular flexibility index (Phi) is 9.27. The second-order valence-corrected chi connectivity index (χ2v) is 9.42. The number of aromatic hydroxyl groups is 1. The van der Waals surface area contributed by atoms with Gasteiger partial charge in [-0.1, -0.05) is 65.9 Å². The molecule has 7 nitrogen and oxygen atoms in total. The van der Waals surface area contributed by atoms with Crippen LogP contribution in [0, 0.1) is 0 Å². The Hall–Kier alpha value is -3.46. The Labute approximate surface area is 214 Å². The van der Waals surface area contributed by atoms with Gasteiger partial charge in [-0.05, 0) is 48.7 Å². The molecule has 1 heterocycles. The van der Waals surface area contributed by atoms with Crippen molar-refractivity contribution in [2.45, 2.75) is 19.3 Å². The molecule has 0 aliphatic heterocycles. The van der Waals surface area contributed by atoms with E-state index in [2.05, 4.69) is 22.4 Å². The Morgan fingerprint density at radius 1 is 0.944 bits per heavy atom. The Balaban J connectivity index is 1.24. The zero-order valence-electron chi connectivity index (χ0n) is 20.1. The number of para-hydroxylation sites is 1. The molecule has 4 aromatic rings. The van der Waals surface area contributed by atoms with Crippen LogP contribution >= 0.6 is 11.3 Å². The van der Waals surface area contributed by atoms with Gasteiger partial charge in [-0.2, -0.15) is 0 Å². The van der Waals surface area contributed by atoms with Crippen molar-refractivity contribution in [1.29, 1.82) is 0 Å². The third kappa shape index (κ3) is 7.04. The number of anilines is 1. The number of amides is 1. The molecule has 0 spiro atoms. The SMILES string of the molecule is O=C(CCOCCc1ccccc1)N(CCNCCc1ccc(O)c2[nH]c(=O)sc12)c1ccccc1. The Morgan fingerprint density at radius 3 is 2.47 bits per heavy atom. The van der Waals surface area contributed by atoms with E-state index in [1.54, 1.807) is 11.0 Å². The summed E-state index contributed by atoms with van der Waals surface area (Å²) in [7, 11) is 0. The number of aromatic amines is 1. The molecule has 0 saturated heterocycles. The molecule has 0 aliphatic carbocycles. The first-order valence-corrected chi connectivity index (χ1v) is 12.9. The van der Waals surface area contributed by atoms with Crippen LogP contribution in [0.25, 0.3) is 10.2 Å². The van der Waals surface area contributed by atoms with Crippen LogP contribution in [0.15, 0.2) is 77.6 Å². The second kappa shape index (κ2) is 13.0. The molecular formula is C28H31N3O4S. The Bertz CT molecular complexity index is 1300. The van der Waals surface area contributed by atoms with Gasteiger partial charge >= 0.3 is 4.87 Å². The minimum Gasteiger partial charge on any atom is -0.506 e. The first-order chi connectivity index (χ1) is 17.6. The van der Waals surface area contributed by atoms with Gasteiger partial charge in [0, 0.05) is 18.8 Å². The van der Waals surface area contributed by atoms with Gasteiger partial charge in [0.2, 0.25) is 5.91 Å². The van der Waals surface area contributed by atoms with Crippen LogP contribution in [0.4, 0.5) is 5.69 Å². The van der Waals surface area contributed by atoms with Gasteiger partial charge in [-0.15, -0.1) is 0 Å². The predicted octanol–water partition coefficient (Wildman–Crippen LogP) is 4.11. The summed E-state index contributed by atoms with van der Waals surface area (Å²) in [6, 6.07) is 23.3. The number of benzene rings is 3. The summed E-state index contributed by atoms with van der Waals surface area (Å²) < 4.78 is 6.51. The predicted molar refractivity (Wildman–Crippen MR) is 145 cm³/mol. The summed E-state index contributed by atoms with van der Waals surface area (Å²) in [5.41, 5.74) is 3.59. The molecule has 0 fully saturated rings. The fourth-order valence-corrected chi connectivity index (χ4v) is 4.94. The maximum Gasteiger partial charge on any atom is 0.305 e. The highest BCUT2D eigenvalue weighted by Crippen LogP contribution is 2.27. The van der Waals surface area contributed by atoms with E-state index in [-0.39, 0.29) is 16.5 Å². The quantitative estimate of drug-likeness (QED) is 0.238. The third-order valence-corrected chi connectivity index (χ3v) is 6.89. The molecule has 0 aliphatic rings. The van der Waals surface area contributed by atoms with Gasteiger partial charge in [0.1, 0.15) is 11.3 Å². The van der Waals surface area contributed by atoms with Crippen molar-refractivity contribution in [2.24, 2.45) is 0 Å². The van der Waals surface area contributed by atoms with Gasteiger partial charge in [0.25, 0.3) is 0 Å². The smallest absolute Gasteiger partial charge is 0.305 e. The van der Waals surface area contributed by atoms with Crippen LogP contribution in [0.3, 0.4) is 0 Å². The summed E-state index contributed by atoms with van der Waals surface area (Å²) >= 11 is 1.11. The fourth-order valence-electron chi connectivity index (χ4n) is 4.05. The molecule has 0 unspecified atom stereocenters. The number of aromatic nitrogens is 1. The van der Waals surface area contributed by atoms with Crippen LogP contribution in [0.1, 0.15) is 17.5 Å². The molecule has 36 heavy (non-hydrogen) atoms. The summed E-state index contributed by atoms with van der Waals surface area (Å²) in [6.45, 7) is 2.82. The summed E-state index contributed by atoms with van der Waals surface area (Å²) in [5.74, 6) is 0.112. The molecule has 1 aromatic heterocycles. The lowest BCUT2D eigenvalue weighted by Gasteiger charge is -2.23. The van der Waals surface area contributed by atoms with Gasteiger partial charge in [0.15, 0.2) is 0 Å². The zero-order chi connectivity index (χ0) is 25.2. The van der Waals surface area contributed by atoms with Crippen LogP contribution < -0.4 is 15.1 Å². The van der Waals surface area contributed by atoms with E-state index in [0.717, 1.165) is 33.7 Å². The number of thiazole rings is 1. The largest absolute Gasteiger partial charge is 0.506 e. The molecule has 8 heteroatoms. The van der Waals surface area contributed by atoms with Crippen molar-refractivity contribution in [2.75, 3.05) is 37.7 Å². The highest BCUT2D eigenvalue weighted by Gasteiger charge is 2.15. The van der Waals surface area contributed by atoms with Crippen molar-refractivity contribution in [1.82, 2.24) is 10.3 Å². The maximum atomic E-state index is 13.0. The van der Waals surface area contributed by atoms with Crippen molar-refractivity contribution in [3.63, 3.8) is 0 Å². The van der Waals surface area contributed by atoms with Crippen molar-refractivity contribution < 1.29 is 14.6 Å². The minimum atomic E-state index is -0.179. The van der Waals surface area contributed by atoms with Gasteiger partial charge in [0.05, 0.1) is 24.3 Å². The van der Waals surface area contributed by atoms with Crippen LogP contribution in [0.5, 0.6) is 5.75 Å². The van der Waals surface area contributed by atoms with Crippen LogP contribution in [-0.2, 0) is 22.4 Å². The zero-order valence-corrected chi connectivity index (χ0v) is 20.9. The molecule has 3 N–H and O–H groups in total. The molecule has 4 rings (SSSR count). The van der Waals surface area contributed by atoms with Crippen LogP contribution in [0.2, 0.25) is 0 Å². The van der Waals surface area contributed by atoms with E-state index in [4.69, 9.17) is 4.74 Å². The van der Waals surface area contributed by atoms with Crippen molar-refractivity contribution in [3.8, 4) is 5.75 Å². The lowest BCUT2D eigenvalue weighted by atomic mass is 10.1. The molecular weight excluding hydrogens is 474 g/mol. The van der Waals surface area contributed by atoms with Gasteiger partial charge < -0.3 is 25.0 Å². The Morgan fingerprint density at radius 2 is 1.69 bits per heavy atom. The summed E-state index contributed by atoms with van der Waals surface area (Å²) in [6.07, 6.45) is 1.86. The molecule has 0 radical (unpaired) electrons. The molecule has 0 saturated carbocycles. The second-order valence-electron chi connectivity index (χ2n) is 8.44. The lowest BCUT2D eigenvalue weighted by Crippen LogP contribution is -2.38. The normalized spacial score (nSPS) is 11.1. The molecule has 188 valence electrons. The summed E-state index contributed by atoms with van der Waals surface area (Å²) in [5, 5.41) is 13.4. The first-order valence-electron chi connectivity index (χ1n) is 12.1. The van der Waals surface area contributed by atoms with E-state index in [9.17, 15) is 14.7 Å². The number of phenols is 1. The highest BCUT2D eigenvalue weighted by molar-refractivity contribution is 7.16. The average molecular weight is 506 g/mol. The fraction of sp³-hybridized carbons (Fsp3) is 0.286. The number of hydrogen-bond acceptors (Lipinski definition) is 6. The van der Waals surface area contributed by atoms with Crippen molar-refractivity contribution >= 4 is 33.1 Å². The number of rotatable bonds is 13.